The Morgan fingerprint density at radius 1 is 1.50 bits per heavy atom. The first-order valence-electron chi connectivity index (χ1n) is 2.23. The number of ether oxygens (including phenoxy) is 2. The number of carbonyl (C=O) groups excluding carboxylic acids is 1. The van der Waals surface area contributed by atoms with E-state index in [9.17, 15) is 4.79 Å². The molecule has 0 saturated carbocycles. The molecule has 4 heteroatoms. The van der Waals surface area contributed by atoms with Gasteiger partial charge in [0.15, 0.2) is 0 Å². The van der Waals surface area contributed by atoms with Gasteiger partial charge in [-0.2, -0.15) is 0 Å². The van der Waals surface area contributed by atoms with E-state index in [4.69, 9.17) is 21.1 Å². The molecule has 1 aliphatic heterocycles. The van der Waals surface area contributed by atoms with Crippen molar-refractivity contribution in [1.29, 1.82) is 0 Å². The van der Waals surface area contributed by atoms with Crippen LogP contribution < -0.4 is 0 Å². The van der Waals surface area contributed by atoms with Crippen molar-refractivity contribution in [3.8, 4) is 0 Å². The van der Waals surface area contributed by atoms with Crippen LogP contribution in [0.4, 0.5) is 0 Å². The topological polar surface area (TPSA) is 35.5 Å². The van der Waals surface area contributed by atoms with Crippen LogP contribution in [0.25, 0.3) is 0 Å². The largest absolute Gasteiger partial charge is 0.343 e. The standard InChI is InChI=1S/C4H5ClO3/c5-3(6)4-7-1-2-8-4/h4H,1-2H2. The molecule has 1 fully saturated rings. The second-order valence-electron chi connectivity index (χ2n) is 1.38. The molecule has 0 aliphatic carbocycles. The van der Waals surface area contributed by atoms with Crippen molar-refractivity contribution in [3.05, 3.63) is 0 Å². The molecule has 8 heavy (non-hydrogen) atoms. The first-order valence-corrected chi connectivity index (χ1v) is 2.61. The van der Waals surface area contributed by atoms with Gasteiger partial charge in [-0.15, -0.1) is 0 Å². The van der Waals surface area contributed by atoms with E-state index >= 15 is 0 Å². The Morgan fingerprint density at radius 2 is 2.00 bits per heavy atom. The molecule has 1 aliphatic rings. The fourth-order valence-corrected chi connectivity index (χ4v) is 0.615. The Labute approximate surface area is 51.5 Å². The zero-order valence-electron chi connectivity index (χ0n) is 4.09. The van der Waals surface area contributed by atoms with E-state index in [1.54, 1.807) is 0 Å². The normalized spacial score (nSPS) is 21.6. The first kappa shape index (κ1) is 6.01. The second-order valence-corrected chi connectivity index (χ2v) is 1.75. The fourth-order valence-electron chi connectivity index (χ4n) is 0.489. The molecule has 46 valence electrons. The average Bonchev–Trinajstić information content (AvgIpc) is 2.12. The van der Waals surface area contributed by atoms with Gasteiger partial charge >= 0.3 is 0 Å². The third-order valence-electron chi connectivity index (χ3n) is 0.807. The molecule has 0 spiro atoms. The van der Waals surface area contributed by atoms with E-state index in [2.05, 4.69) is 0 Å². The van der Waals surface area contributed by atoms with Gasteiger partial charge in [0.25, 0.3) is 5.24 Å². The van der Waals surface area contributed by atoms with E-state index in [0.717, 1.165) is 0 Å². The van der Waals surface area contributed by atoms with E-state index in [1.165, 1.54) is 0 Å². The molecule has 0 aromatic carbocycles. The minimum Gasteiger partial charge on any atom is -0.343 e. The third kappa shape index (κ3) is 1.18. The molecule has 0 radical (unpaired) electrons. The zero-order chi connectivity index (χ0) is 5.98. The van der Waals surface area contributed by atoms with Gasteiger partial charge in [-0.25, -0.2) is 0 Å². The first-order chi connectivity index (χ1) is 3.80. The van der Waals surface area contributed by atoms with Gasteiger partial charge in [0.2, 0.25) is 6.29 Å². The number of rotatable bonds is 1. The van der Waals surface area contributed by atoms with E-state index < -0.39 is 11.5 Å². The average molecular weight is 137 g/mol. The Hall–Kier alpha value is -0.120. The Bertz CT molecular complexity index is 97.5. The summed E-state index contributed by atoms with van der Waals surface area (Å²) in [5.74, 6) is 0. The Morgan fingerprint density at radius 3 is 2.25 bits per heavy atom. The molecule has 3 nitrogen and oxygen atoms in total. The summed E-state index contributed by atoms with van der Waals surface area (Å²) in [6.45, 7) is 0.923. The van der Waals surface area contributed by atoms with Gasteiger partial charge in [-0.3, -0.25) is 4.79 Å². The summed E-state index contributed by atoms with van der Waals surface area (Å²) in [6.07, 6.45) is -0.809. The Kier molecular flexibility index (Phi) is 1.83. The van der Waals surface area contributed by atoms with Crippen LogP contribution in [0.5, 0.6) is 0 Å². The minimum absolute atomic E-state index is 0.461. The maximum atomic E-state index is 10.2. The van der Waals surface area contributed by atoms with Crippen LogP contribution in [-0.2, 0) is 14.3 Å². The highest BCUT2D eigenvalue weighted by Crippen LogP contribution is 2.05. The van der Waals surface area contributed by atoms with Gasteiger partial charge in [0, 0.05) is 0 Å². The lowest BCUT2D eigenvalue weighted by Gasteiger charge is -1.98. The fraction of sp³-hybridized carbons (Fsp3) is 0.750. The van der Waals surface area contributed by atoms with Crippen molar-refractivity contribution in [1.82, 2.24) is 0 Å². The molecule has 0 aromatic rings. The van der Waals surface area contributed by atoms with Crippen molar-refractivity contribution in [2.24, 2.45) is 0 Å². The molecule has 0 unspecified atom stereocenters. The number of carbonyl (C=O) groups is 1. The van der Waals surface area contributed by atoms with Gasteiger partial charge < -0.3 is 9.47 Å². The highest BCUT2D eigenvalue weighted by molar-refractivity contribution is 6.64. The molecular weight excluding hydrogens is 131 g/mol. The van der Waals surface area contributed by atoms with Crippen LogP contribution in [0.2, 0.25) is 0 Å². The lowest BCUT2D eigenvalue weighted by atomic mass is 10.7. The lowest BCUT2D eigenvalue weighted by molar-refractivity contribution is -0.135. The van der Waals surface area contributed by atoms with Crippen LogP contribution in [0.15, 0.2) is 0 Å². The van der Waals surface area contributed by atoms with Crippen LogP contribution in [0.3, 0.4) is 0 Å². The summed E-state index contributed by atoms with van der Waals surface area (Å²) in [7, 11) is 0. The van der Waals surface area contributed by atoms with Gasteiger partial charge in [0.05, 0.1) is 13.2 Å². The molecule has 0 amide bonds. The predicted octanol–water partition coefficient (Wildman–Crippen LogP) is 0.125. The van der Waals surface area contributed by atoms with Crippen LogP contribution in [0.1, 0.15) is 0 Å². The van der Waals surface area contributed by atoms with Gasteiger partial charge in [0.1, 0.15) is 0 Å². The highest BCUT2D eigenvalue weighted by Gasteiger charge is 2.21. The maximum Gasteiger partial charge on any atom is 0.278 e. The van der Waals surface area contributed by atoms with E-state index in [-0.39, 0.29) is 0 Å². The molecule has 0 N–H and O–H groups in total. The molecule has 0 atom stereocenters. The quantitative estimate of drug-likeness (QED) is 0.481. The lowest BCUT2D eigenvalue weighted by Crippen LogP contribution is -2.15. The number of halogens is 1. The van der Waals surface area contributed by atoms with Gasteiger partial charge in [-0.05, 0) is 11.6 Å². The highest BCUT2D eigenvalue weighted by atomic mass is 35.5. The predicted molar refractivity (Wildman–Crippen MR) is 26.6 cm³/mol. The summed E-state index contributed by atoms with van der Waals surface area (Å²) in [5, 5.41) is -0.581. The van der Waals surface area contributed by atoms with Crippen LogP contribution >= 0.6 is 11.6 Å². The molecule has 0 bridgehead atoms. The van der Waals surface area contributed by atoms with E-state index in [0.29, 0.717) is 13.2 Å². The third-order valence-corrected chi connectivity index (χ3v) is 0.985. The van der Waals surface area contributed by atoms with E-state index in [1.807, 2.05) is 0 Å². The maximum absolute atomic E-state index is 10.2. The van der Waals surface area contributed by atoms with Crippen molar-refractivity contribution in [3.63, 3.8) is 0 Å². The van der Waals surface area contributed by atoms with Crippen molar-refractivity contribution in [2.45, 2.75) is 6.29 Å². The molecule has 1 saturated heterocycles. The summed E-state index contributed by atoms with van der Waals surface area (Å²) in [5.41, 5.74) is 0. The monoisotopic (exact) mass is 136 g/mol. The second kappa shape index (κ2) is 2.44. The smallest absolute Gasteiger partial charge is 0.278 e. The summed E-state index contributed by atoms with van der Waals surface area (Å²) in [4.78, 5) is 10.2. The van der Waals surface area contributed by atoms with Crippen molar-refractivity contribution in [2.75, 3.05) is 13.2 Å². The molecule has 0 aromatic heterocycles. The molecule has 1 rings (SSSR count). The van der Waals surface area contributed by atoms with Gasteiger partial charge in [-0.1, -0.05) is 0 Å². The summed E-state index contributed by atoms with van der Waals surface area (Å²) < 4.78 is 9.42. The van der Waals surface area contributed by atoms with Crippen LogP contribution in [-0.4, -0.2) is 24.7 Å². The number of hydrogen-bond acceptors (Lipinski definition) is 3. The number of hydrogen-bond donors (Lipinski definition) is 0. The zero-order valence-corrected chi connectivity index (χ0v) is 4.85. The summed E-state index contributed by atoms with van der Waals surface area (Å²) in [6, 6.07) is 0. The van der Waals surface area contributed by atoms with Crippen LogP contribution in [0, 0.1) is 0 Å². The molecular formula is C4H5ClO3. The molecule has 1 heterocycles. The van der Waals surface area contributed by atoms with Crippen molar-refractivity contribution < 1.29 is 14.3 Å². The van der Waals surface area contributed by atoms with Crippen molar-refractivity contribution >= 4 is 16.8 Å². The Balaban J connectivity index is 2.35. The minimum atomic E-state index is -0.809. The SMILES string of the molecule is O=C(Cl)C1OCCO1. The summed E-state index contributed by atoms with van der Waals surface area (Å²) >= 11 is 5.00.